The molecule has 0 aliphatic heterocycles. The zero-order valence-corrected chi connectivity index (χ0v) is 16.8. The fourth-order valence-electron chi connectivity index (χ4n) is 2.83. The average molecular weight is 396 g/mol. The number of benzene rings is 2. The number of aromatic nitrogens is 1. The summed E-state index contributed by atoms with van der Waals surface area (Å²) in [6.07, 6.45) is 0. The number of anilines is 2. The molecule has 0 fully saturated rings. The Kier molecular flexibility index (Phi) is 5.41. The first-order chi connectivity index (χ1) is 13.3. The van der Waals surface area contributed by atoms with E-state index in [1.807, 2.05) is 31.4 Å². The van der Waals surface area contributed by atoms with Crippen molar-refractivity contribution >= 4 is 33.8 Å². The largest absolute Gasteiger partial charge is 0.372 e. The van der Waals surface area contributed by atoms with Gasteiger partial charge in [0.15, 0.2) is 5.13 Å². The molecule has 1 heterocycles. The molecule has 0 unspecified atom stereocenters. The van der Waals surface area contributed by atoms with Crippen molar-refractivity contribution in [3.63, 3.8) is 0 Å². The van der Waals surface area contributed by atoms with Crippen LogP contribution in [0.25, 0.3) is 11.3 Å². The number of nitrogens with zero attached hydrogens (tertiary/aromatic N) is 3. The molecule has 7 nitrogen and oxygen atoms in total. The summed E-state index contributed by atoms with van der Waals surface area (Å²) in [6.45, 7) is 4.03. The van der Waals surface area contributed by atoms with Gasteiger partial charge in [-0.3, -0.25) is 20.2 Å². The molecule has 28 heavy (non-hydrogen) atoms. The van der Waals surface area contributed by atoms with E-state index in [0.717, 1.165) is 22.4 Å². The van der Waals surface area contributed by atoms with Crippen molar-refractivity contribution in [3.8, 4) is 11.3 Å². The molecule has 0 atom stereocenters. The molecule has 8 heteroatoms. The molecular weight excluding hydrogens is 376 g/mol. The van der Waals surface area contributed by atoms with Crippen molar-refractivity contribution in [3.05, 3.63) is 68.6 Å². The fourth-order valence-corrected chi connectivity index (χ4v) is 3.53. The zero-order chi connectivity index (χ0) is 20.4. The van der Waals surface area contributed by atoms with Crippen molar-refractivity contribution in [2.75, 3.05) is 24.3 Å². The predicted octanol–water partition coefficient (Wildman–Crippen LogP) is 4.65. The number of nitro benzene ring substituents is 1. The van der Waals surface area contributed by atoms with Gasteiger partial charge in [-0.15, -0.1) is 11.3 Å². The van der Waals surface area contributed by atoms with E-state index < -0.39 is 10.8 Å². The van der Waals surface area contributed by atoms with Gasteiger partial charge < -0.3 is 4.90 Å². The highest BCUT2D eigenvalue weighted by molar-refractivity contribution is 7.14. The van der Waals surface area contributed by atoms with Gasteiger partial charge >= 0.3 is 0 Å². The second-order valence-corrected chi connectivity index (χ2v) is 7.52. The summed E-state index contributed by atoms with van der Waals surface area (Å²) in [5.41, 5.74) is 4.57. The van der Waals surface area contributed by atoms with Crippen LogP contribution >= 0.6 is 11.3 Å². The molecule has 0 aliphatic rings. The number of carbonyl (C=O) groups is 1. The number of nitrogens with one attached hydrogen (secondary N) is 1. The lowest BCUT2D eigenvalue weighted by atomic mass is 10.0. The minimum atomic E-state index is -0.492. The van der Waals surface area contributed by atoms with Gasteiger partial charge in [-0.05, 0) is 37.6 Å². The Labute approximate surface area is 166 Å². The smallest absolute Gasteiger partial charge is 0.293 e. The van der Waals surface area contributed by atoms with Crippen LogP contribution in [0.3, 0.4) is 0 Å². The lowest BCUT2D eigenvalue weighted by Gasteiger charge is -2.13. The Balaban J connectivity index is 1.84. The minimum Gasteiger partial charge on any atom is -0.372 e. The molecule has 0 spiro atoms. The molecule has 0 aliphatic carbocycles. The third-order valence-corrected chi connectivity index (χ3v) is 5.07. The monoisotopic (exact) mass is 396 g/mol. The molecule has 3 aromatic rings. The highest BCUT2D eigenvalue weighted by Gasteiger charge is 2.19. The van der Waals surface area contributed by atoms with Gasteiger partial charge in [-0.25, -0.2) is 4.98 Å². The zero-order valence-electron chi connectivity index (χ0n) is 16.0. The maximum atomic E-state index is 12.6. The van der Waals surface area contributed by atoms with E-state index in [9.17, 15) is 14.9 Å². The molecule has 1 amide bonds. The highest BCUT2D eigenvalue weighted by Crippen LogP contribution is 2.30. The van der Waals surface area contributed by atoms with Crippen molar-refractivity contribution in [2.45, 2.75) is 13.8 Å². The molecule has 3 rings (SSSR count). The molecule has 0 radical (unpaired) electrons. The first-order valence-electron chi connectivity index (χ1n) is 8.56. The number of rotatable bonds is 5. The van der Waals surface area contributed by atoms with Crippen molar-refractivity contribution in [2.24, 2.45) is 0 Å². The molecule has 0 saturated heterocycles. The van der Waals surface area contributed by atoms with E-state index in [0.29, 0.717) is 10.8 Å². The summed E-state index contributed by atoms with van der Waals surface area (Å²) in [7, 11) is 3.43. The maximum Gasteiger partial charge on any atom is 0.293 e. The number of amides is 1. The molecule has 1 N–H and O–H groups in total. The van der Waals surface area contributed by atoms with Gasteiger partial charge in [0, 0.05) is 36.7 Å². The molecule has 0 bridgehead atoms. The summed E-state index contributed by atoms with van der Waals surface area (Å²) in [5.74, 6) is -0.435. The van der Waals surface area contributed by atoms with Crippen LogP contribution in [0, 0.1) is 24.0 Å². The summed E-state index contributed by atoms with van der Waals surface area (Å²) in [6, 6.07) is 10.5. The summed E-state index contributed by atoms with van der Waals surface area (Å²) >= 11 is 1.32. The fraction of sp³-hybridized carbons (Fsp3) is 0.200. The Bertz CT molecular complexity index is 1060. The van der Waals surface area contributed by atoms with Gasteiger partial charge in [0.25, 0.3) is 11.6 Å². The van der Waals surface area contributed by atoms with Crippen LogP contribution in [0.5, 0.6) is 0 Å². The number of hydrogen-bond acceptors (Lipinski definition) is 6. The first kappa shape index (κ1) is 19.5. The van der Waals surface area contributed by atoms with E-state index in [1.165, 1.54) is 17.4 Å². The molecule has 1 aromatic heterocycles. The molecular formula is C20H20N4O3S. The van der Waals surface area contributed by atoms with Crippen LogP contribution < -0.4 is 10.2 Å². The SMILES string of the molecule is Cc1ccc(C)c(-c2csc(NC(=O)c3ccc(N(C)C)c([N+](=O)[O-])c3)n2)c1. The summed E-state index contributed by atoms with van der Waals surface area (Å²) in [5, 5.41) is 16.4. The highest BCUT2D eigenvalue weighted by atomic mass is 32.1. The molecule has 2 aromatic carbocycles. The van der Waals surface area contributed by atoms with Gasteiger partial charge in [0.1, 0.15) is 5.69 Å². The third-order valence-electron chi connectivity index (χ3n) is 4.31. The summed E-state index contributed by atoms with van der Waals surface area (Å²) in [4.78, 5) is 29.5. The quantitative estimate of drug-likeness (QED) is 0.501. The Hall–Kier alpha value is -3.26. The van der Waals surface area contributed by atoms with Crippen LogP contribution in [-0.4, -0.2) is 29.9 Å². The number of nitro groups is 1. The van der Waals surface area contributed by atoms with Crippen molar-refractivity contribution < 1.29 is 9.72 Å². The Morgan fingerprint density at radius 1 is 1.18 bits per heavy atom. The van der Waals surface area contributed by atoms with Gasteiger partial charge in [0.2, 0.25) is 0 Å². The number of aryl methyl sites for hydroxylation is 2. The Morgan fingerprint density at radius 3 is 2.61 bits per heavy atom. The van der Waals surface area contributed by atoms with Gasteiger partial charge in [-0.2, -0.15) is 0 Å². The predicted molar refractivity (Wildman–Crippen MR) is 112 cm³/mol. The minimum absolute atomic E-state index is 0.118. The van der Waals surface area contributed by atoms with E-state index in [2.05, 4.69) is 16.4 Å². The number of hydrogen-bond donors (Lipinski definition) is 1. The Morgan fingerprint density at radius 2 is 1.93 bits per heavy atom. The second-order valence-electron chi connectivity index (χ2n) is 6.67. The van der Waals surface area contributed by atoms with E-state index in [-0.39, 0.29) is 11.3 Å². The lowest BCUT2D eigenvalue weighted by molar-refractivity contribution is -0.384. The normalized spacial score (nSPS) is 10.6. The first-order valence-corrected chi connectivity index (χ1v) is 9.44. The molecule has 144 valence electrons. The average Bonchev–Trinajstić information content (AvgIpc) is 3.11. The van der Waals surface area contributed by atoms with Crippen molar-refractivity contribution in [1.82, 2.24) is 4.98 Å². The lowest BCUT2D eigenvalue weighted by Crippen LogP contribution is -2.14. The topological polar surface area (TPSA) is 88.4 Å². The number of thiazole rings is 1. The standard InChI is InChI=1S/C20H20N4O3S/c1-12-5-6-13(2)15(9-12)16-11-28-20(21-16)22-19(25)14-7-8-17(23(3)4)18(10-14)24(26)27/h5-11H,1-4H3,(H,21,22,25). The van der Waals surface area contributed by atoms with Crippen LogP contribution in [0.2, 0.25) is 0 Å². The van der Waals surface area contributed by atoms with Gasteiger partial charge in [-0.1, -0.05) is 17.7 Å². The van der Waals surface area contributed by atoms with E-state index in [1.54, 1.807) is 31.1 Å². The second kappa shape index (κ2) is 7.77. The number of carbonyl (C=O) groups excluding carboxylic acids is 1. The van der Waals surface area contributed by atoms with E-state index in [4.69, 9.17) is 0 Å². The van der Waals surface area contributed by atoms with Crippen LogP contribution in [-0.2, 0) is 0 Å². The van der Waals surface area contributed by atoms with Crippen LogP contribution in [0.1, 0.15) is 21.5 Å². The van der Waals surface area contributed by atoms with E-state index >= 15 is 0 Å². The van der Waals surface area contributed by atoms with Crippen molar-refractivity contribution in [1.29, 1.82) is 0 Å². The summed E-state index contributed by atoms with van der Waals surface area (Å²) < 4.78 is 0. The van der Waals surface area contributed by atoms with Gasteiger partial charge in [0.05, 0.1) is 10.6 Å². The van der Waals surface area contributed by atoms with Crippen LogP contribution in [0.15, 0.2) is 41.8 Å². The third kappa shape index (κ3) is 4.01. The maximum absolute atomic E-state index is 12.6. The molecule has 0 saturated carbocycles. The van der Waals surface area contributed by atoms with Crippen LogP contribution in [0.4, 0.5) is 16.5 Å².